The van der Waals surface area contributed by atoms with Gasteiger partial charge in [0.2, 0.25) is 6.04 Å². The molecule has 3 heteroatoms. The van der Waals surface area contributed by atoms with Crippen LogP contribution >= 0.6 is 0 Å². The Morgan fingerprint density at radius 3 is 2.37 bits per heavy atom. The van der Waals surface area contributed by atoms with E-state index in [0.717, 1.165) is 18.5 Å². The van der Waals surface area contributed by atoms with E-state index in [-0.39, 0.29) is 18.0 Å². The summed E-state index contributed by atoms with van der Waals surface area (Å²) in [6.45, 7) is 4.10. The zero-order valence-corrected chi connectivity index (χ0v) is 15.9. The highest BCUT2D eigenvalue weighted by molar-refractivity contribution is 5.97. The zero-order chi connectivity index (χ0) is 18.8. The Morgan fingerprint density at radius 1 is 1.00 bits per heavy atom. The van der Waals surface area contributed by atoms with Gasteiger partial charge in [0.05, 0.1) is 0 Å². The summed E-state index contributed by atoms with van der Waals surface area (Å²) in [5, 5.41) is 0. The molecule has 0 radical (unpaired) electrons. The summed E-state index contributed by atoms with van der Waals surface area (Å²) in [6.07, 6.45) is 5.87. The lowest BCUT2D eigenvalue weighted by Crippen LogP contribution is -2.49. The fourth-order valence-corrected chi connectivity index (χ4v) is 3.91. The second-order valence-electron chi connectivity index (χ2n) is 7.38. The number of fused-ring (bicyclic) bond motifs is 1. The summed E-state index contributed by atoms with van der Waals surface area (Å²) < 4.78 is 2.00. The lowest BCUT2D eigenvalue weighted by Gasteiger charge is -2.23. The molecule has 4 rings (SSSR count). The van der Waals surface area contributed by atoms with Crippen molar-refractivity contribution < 1.29 is 9.36 Å². The highest BCUT2D eigenvalue weighted by atomic mass is 16.2. The van der Waals surface area contributed by atoms with Crippen molar-refractivity contribution >= 4 is 11.6 Å². The average molecular weight is 357 g/mol. The molecular weight excluding hydrogens is 332 g/mol. The maximum absolute atomic E-state index is 13.2. The Bertz CT molecular complexity index is 934. The Labute approximate surface area is 160 Å². The van der Waals surface area contributed by atoms with Crippen molar-refractivity contribution in [2.24, 2.45) is 0 Å². The van der Waals surface area contributed by atoms with Crippen LogP contribution in [0.1, 0.15) is 36.6 Å². The average Bonchev–Trinajstić information content (AvgIpc) is 3.04. The monoisotopic (exact) mass is 357 g/mol. The van der Waals surface area contributed by atoms with E-state index in [4.69, 9.17) is 0 Å². The zero-order valence-electron chi connectivity index (χ0n) is 15.9. The fraction of sp³-hybridized carbons (Fsp3) is 0.250. The molecule has 1 aromatic heterocycles. The number of para-hydroxylation sites is 1. The molecule has 2 aromatic carbocycles. The van der Waals surface area contributed by atoms with E-state index in [1.807, 2.05) is 47.0 Å². The first-order valence-electron chi connectivity index (χ1n) is 9.58. The van der Waals surface area contributed by atoms with Gasteiger partial charge in [-0.2, -0.15) is 4.57 Å². The number of nitrogens with zero attached hydrogens (tertiary/aromatic N) is 2. The van der Waals surface area contributed by atoms with Crippen LogP contribution < -0.4 is 9.47 Å². The number of benzene rings is 2. The second-order valence-corrected chi connectivity index (χ2v) is 7.38. The summed E-state index contributed by atoms with van der Waals surface area (Å²) >= 11 is 0. The summed E-state index contributed by atoms with van der Waals surface area (Å²) in [4.78, 5) is 15.2. The van der Waals surface area contributed by atoms with Gasteiger partial charge in [-0.25, -0.2) is 0 Å². The lowest BCUT2D eigenvalue weighted by molar-refractivity contribution is -0.705. The highest BCUT2D eigenvalue weighted by Gasteiger charge is 2.36. The van der Waals surface area contributed by atoms with Crippen molar-refractivity contribution in [3.63, 3.8) is 0 Å². The lowest BCUT2D eigenvalue weighted by atomic mass is 10.1. The van der Waals surface area contributed by atoms with Crippen LogP contribution in [0.5, 0.6) is 0 Å². The predicted octanol–water partition coefficient (Wildman–Crippen LogP) is 4.10. The van der Waals surface area contributed by atoms with Gasteiger partial charge in [0, 0.05) is 30.8 Å². The van der Waals surface area contributed by atoms with Crippen molar-refractivity contribution in [3.05, 3.63) is 95.8 Å². The number of aromatic nitrogens is 1. The molecular formula is C24H25N2O+. The molecule has 27 heavy (non-hydrogen) atoms. The van der Waals surface area contributed by atoms with Gasteiger partial charge >= 0.3 is 0 Å². The van der Waals surface area contributed by atoms with E-state index in [2.05, 4.69) is 55.5 Å². The van der Waals surface area contributed by atoms with Crippen LogP contribution in [0.15, 0.2) is 79.1 Å². The molecule has 0 saturated heterocycles. The number of pyridine rings is 1. The van der Waals surface area contributed by atoms with Gasteiger partial charge in [0.1, 0.15) is 0 Å². The number of hydrogen-bond acceptors (Lipinski definition) is 1. The highest BCUT2D eigenvalue weighted by Crippen LogP contribution is 2.32. The standard InChI is InChI=1S/C24H25N2O/c1-18-16-22-10-6-7-11-23(22)26(18)24(27)19(2)25-14-12-21(13-15-25)17-20-8-4-3-5-9-20/h3-15,18-19H,16-17H2,1-2H3/q+1/t18-,19+/m1/s1. The van der Waals surface area contributed by atoms with Crippen LogP contribution in [0.25, 0.3) is 0 Å². The van der Waals surface area contributed by atoms with Crippen molar-refractivity contribution in [1.29, 1.82) is 0 Å². The topological polar surface area (TPSA) is 24.2 Å². The Morgan fingerprint density at radius 2 is 1.63 bits per heavy atom. The second kappa shape index (κ2) is 7.36. The predicted molar refractivity (Wildman–Crippen MR) is 108 cm³/mol. The van der Waals surface area contributed by atoms with E-state index >= 15 is 0 Å². The molecule has 1 aliphatic heterocycles. The van der Waals surface area contributed by atoms with Gasteiger partial charge in [-0.3, -0.25) is 4.79 Å². The first kappa shape index (κ1) is 17.5. The van der Waals surface area contributed by atoms with Crippen molar-refractivity contribution in [2.75, 3.05) is 4.90 Å². The third-order valence-electron chi connectivity index (χ3n) is 5.42. The molecule has 3 nitrogen and oxygen atoms in total. The minimum atomic E-state index is -0.232. The van der Waals surface area contributed by atoms with Gasteiger partial charge in [-0.05, 0) is 42.5 Å². The molecule has 3 aromatic rings. The number of carbonyl (C=O) groups excluding carboxylic acids is 1. The van der Waals surface area contributed by atoms with Crippen LogP contribution in [-0.2, 0) is 17.6 Å². The van der Waals surface area contributed by atoms with Gasteiger partial charge in [0.25, 0.3) is 5.91 Å². The van der Waals surface area contributed by atoms with E-state index in [1.54, 1.807) is 0 Å². The van der Waals surface area contributed by atoms with E-state index in [0.29, 0.717) is 0 Å². The molecule has 0 spiro atoms. The molecule has 0 aliphatic carbocycles. The molecule has 0 bridgehead atoms. The van der Waals surface area contributed by atoms with Crippen molar-refractivity contribution in [1.82, 2.24) is 0 Å². The molecule has 2 heterocycles. The minimum absolute atomic E-state index is 0.147. The maximum Gasteiger partial charge on any atom is 0.296 e. The molecule has 0 saturated carbocycles. The Hall–Kier alpha value is -2.94. The number of carbonyl (C=O) groups is 1. The molecule has 0 N–H and O–H groups in total. The quantitative estimate of drug-likeness (QED) is 0.645. The number of anilines is 1. The van der Waals surface area contributed by atoms with Gasteiger partial charge < -0.3 is 4.90 Å². The summed E-state index contributed by atoms with van der Waals surface area (Å²) in [6, 6.07) is 22.9. The molecule has 2 atom stereocenters. The Kier molecular flexibility index (Phi) is 4.76. The smallest absolute Gasteiger partial charge is 0.296 e. The van der Waals surface area contributed by atoms with Crippen molar-refractivity contribution in [3.8, 4) is 0 Å². The van der Waals surface area contributed by atoms with E-state index < -0.39 is 0 Å². The Balaban J connectivity index is 1.51. The van der Waals surface area contributed by atoms with Crippen LogP contribution in [0.2, 0.25) is 0 Å². The number of rotatable bonds is 4. The van der Waals surface area contributed by atoms with Crippen LogP contribution in [0, 0.1) is 0 Å². The van der Waals surface area contributed by atoms with Gasteiger partial charge in [0.15, 0.2) is 12.4 Å². The maximum atomic E-state index is 13.2. The SMILES string of the molecule is C[C@@H]1Cc2ccccc2N1C(=O)[C@H](C)[n+]1ccc(Cc2ccccc2)cc1. The third kappa shape index (κ3) is 3.50. The third-order valence-corrected chi connectivity index (χ3v) is 5.42. The van der Waals surface area contributed by atoms with Gasteiger partial charge in [-0.1, -0.05) is 48.5 Å². The molecule has 1 amide bonds. The number of amides is 1. The van der Waals surface area contributed by atoms with Crippen molar-refractivity contribution in [2.45, 2.75) is 38.8 Å². The fourth-order valence-electron chi connectivity index (χ4n) is 3.91. The molecule has 0 unspecified atom stereocenters. The van der Waals surface area contributed by atoms with Gasteiger partial charge in [-0.15, -0.1) is 0 Å². The largest absolute Gasteiger partial charge is 0.303 e. The van der Waals surface area contributed by atoms with E-state index in [1.165, 1.54) is 16.7 Å². The first-order valence-corrected chi connectivity index (χ1v) is 9.58. The molecule has 1 aliphatic rings. The normalized spacial score (nSPS) is 16.8. The number of hydrogen-bond donors (Lipinski definition) is 0. The van der Waals surface area contributed by atoms with Crippen LogP contribution in [-0.4, -0.2) is 11.9 Å². The van der Waals surface area contributed by atoms with E-state index in [9.17, 15) is 4.79 Å². The molecule has 136 valence electrons. The summed E-state index contributed by atoms with van der Waals surface area (Å²) in [7, 11) is 0. The van der Waals surface area contributed by atoms with Crippen LogP contribution in [0.3, 0.4) is 0 Å². The minimum Gasteiger partial charge on any atom is -0.303 e. The molecule has 0 fully saturated rings. The van der Waals surface area contributed by atoms with Crippen LogP contribution in [0.4, 0.5) is 5.69 Å². The summed E-state index contributed by atoms with van der Waals surface area (Å²) in [5.41, 5.74) is 4.86. The summed E-state index contributed by atoms with van der Waals surface area (Å²) in [5.74, 6) is 0.147. The first-order chi connectivity index (χ1) is 13.1.